The third-order valence-electron chi connectivity index (χ3n) is 5.38. The molecule has 0 aromatic rings. The maximum Gasteiger partial charge on any atom is 0.223 e. The van der Waals surface area contributed by atoms with E-state index in [0.29, 0.717) is 12.3 Å². The van der Waals surface area contributed by atoms with Crippen LogP contribution in [-0.2, 0) is 9.59 Å². The van der Waals surface area contributed by atoms with Crippen molar-refractivity contribution in [3.8, 4) is 0 Å². The highest BCUT2D eigenvalue weighted by Gasteiger charge is 2.34. The first-order chi connectivity index (χ1) is 10.6. The van der Waals surface area contributed by atoms with Crippen LogP contribution in [0, 0.1) is 5.92 Å². The van der Waals surface area contributed by atoms with Gasteiger partial charge >= 0.3 is 0 Å². The van der Waals surface area contributed by atoms with Crippen LogP contribution in [-0.4, -0.2) is 58.3 Å². The van der Waals surface area contributed by atoms with Gasteiger partial charge in [0.1, 0.15) is 0 Å². The van der Waals surface area contributed by atoms with E-state index in [1.165, 1.54) is 63.4 Å². The van der Waals surface area contributed by atoms with Crippen molar-refractivity contribution in [2.24, 2.45) is 5.92 Å². The van der Waals surface area contributed by atoms with E-state index >= 15 is 0 Å². The van der Waals surface area contributed by atoms with Crippen LogP contribution in [0.25, 0.3) is 0 Å². The third-order valence-corrected chi connectivity index (χ3v) is 6.36. The van der Waals surface area contributed by atoms with Crippen molar-refractivity contribution in [1.82, 2.24) is 9.80 Å². The molecular formula is C17H28N2O2S. The molecule has 3 aliphatic rings. The van der Waals surface area contributed by atoms with Gasteiger partial charge in [-0.1, -0.05) is 24.6 Å². The third kappa shape index (κ3) is 4.05. The first-order valence-corrected chi connectivity index (χ1v) is 9.69. The minimum atomic E-state index is 0.129. The fourth-order valence-electron chi connectivity index (χ4n) is 4.39. The summed E-state index contributed by atoms with van der Waals surface area (Å²) in [6, 6.07) is 0.804. The molecule has 0 aromatic heterocycles. The molecule has 1 amide bonds. The van der Waals surface area contributed by atoms with Gasteiger partial charge in [0.15, 0.2) is 5.12 Å². The van der Waals surface area contributed by atoms with Gasteiger partial charge in [0.25, 0.3) is 0 Å². The molecule has 2 atom stereocenters. The molecule has 0 N–H and O–H groups in total. The fraction of sp³-hybridized carbons (Fsp3) is 0.882. The van der Waals surface area contributed by atoms with Crippen molar-refractivity contribution < 1.29 is 9.59 Å². The standard InChI is InChI=1S/C17H28N2O2S/c1-13(20)22-16-9-17(21)19(12-16)11-14-5-4-8-18(10-14)15-6-2-3-7-15/h14-16H,2-12H2,1H3. The van der Waals surface area contributed by atoms with Crippen molar-refractivity contribution >= 4 is 22.8 Å². The lowest BCUT2D eigenvalue weighted by atomic mass is 9.95. The van der Waals surface area contributed by atoms with E-state index < -0.39 is 0 Å². The fourth-order valence-corrected chi connectivity index (χ4v) is 5.33. The van der Waals surface area contributed by atoms with E-state index in [-0.39, 0.29) is 16.3 Å². The Morgan fingerprint density at radius 1 is 1.18 bits per heavy atom. The molecule has 124 valence electrons. The largest absolute Gasteiger partial charge is 0.341 e. The molecule has 4 nitrogen and oxygen atoms in total. The van der Waals surface area contributed by atoms with Gasteiger partial charge in [-0.05, 0) is 38.1 Å². The Morgan fingerprint density at radius 3 is 2.68 bits per heavy atom. The number of hydrogen-bond acceptors (Lipinski definition) is 4. The Hall–Kier alpha value is -0.550. The number of hydrogen-bond donors (Lipinski definition) is 0. The van der Waals surface area contributed by atoms with E-state index in [4.69, 9.17) is 0 Å². The minimum Gasteiger partial charge on any atom is -0.341 e. The van der Waals surface area contributed by atoms with E-state index in [9.17, 15) is 9.59 Å². The molecule has 0 aromatic carbocycles. The SMILES string of the molecule is CC(=O)SC1CC(=O)N(CC2CCCN(C3CCCC3)C2)C1. The lowest BCUT2D eigenvalue weighted by molar-refractivity contribution is -0.128. The van der Waals surface area contributed by atoms with Gasteiger partial charge < -0.3 is 9.80 Å². The van der Waals surface area contributed by atoms with Gasteiger partial charge in [-0.2, -0.15) is 0 Å². The summed E-state index contributed by atoms with van der Waals surface area (Å²) in [5.74, 6) is 0.871. The second-order valence-electron chi connectivity index (χ2n) is 7.18. The summed E-state index contributed by atoms with van der Waals surface area (Å²) in [4.78, 5) is 28.1. The molecule has 2 aliphatic heterocycles. The number of likely N-dealkylation sites (tertiary alicyclic amines) is 2. The lowest BCUT2D eigenvalue weighted by Crippen LogP contribution is -2.45. The summed E-state index contributed by atoms with van der Waals surface area (Å²) < 4.78 is 0. The van der Waals surface area contributed by atoms with Crippen LogP contribution < -0.4 is 0 Å². The monoisotopic (exact) mass is 324 g/mol. The number of nitrogens with zero attached hydrogens (tertiary/aromatic N) is 2. The van der Waals surface area contributed by atoms with Crippen LogP contribution in [0.5, 0.6) is 0 Å². The molecule has 5 heteroatoms. The predicted octanol–water partition coefficient (Wildman–Crippen LogP) is 2.52. The van der Waals surface area contributed by atoms with Crippen molar-refractivity contribution in [3.05, 3.63) is 0 Å². The predicted molar refractivity (Wildman–Crippen MR) is 89.8 cm³/mol. The van der Waals surface area contributed by atoms with Gasteiger partial charge in [0, 0.05) is 44.3 Å². The Balaban J connectivity index is 1.49. The number of piperidine rings is 1. The Kier molecular flexibility index (Phi) is 5.45. The highest BCUT2D eigenvalue weighted by molar-refractivity contribution is 8.14. The zero-order valence-corrected chi connectivity index (χ0v) is 14.4. The van der Waals surface area contributed by atoms with E-state index in [2.05, 4.69) is 4.90 Å². The van der Waals surface area contributed by atoms with Crippen LogP contribution in [0.4, 0.5) is 0 Å². The molecule has 0 bridgehead atoms. The van der Waals surface area contributed by atoms with Crippen LogP contribution in [0.2, 0.25) is 0 Å². The van der Waals surface area contributed by atoms with Crippen molar-refractivity contribution in [1.29, 1.82) is 0 Å². The smallest absolute Gasteiger partial charge is 0.223 e. The highest BCUT2D eigenvalue weighted by Crippen LogP contribution is 2.30. The quantitative estimate of drug-likeness (QED) is 0.797. The summed E-state index contributed by atoms with van der Waals surface area (Å²) in [5.41, 5.74) is 0. The zero-order valence-electron chi connectivity index (χ0n) is 13.6. The Morgan fingerprint density at radius 2 is 1.95 bits per heavy atom. The molecule has 3 rings (SSSR count). The average molecular weight is 324 g/mol. The highest BCUT2D eigenvalue weighted by atomic mass is 32.2. The van der Waals surface area contributed by atoms with Crippen LogP contribution >= 0.6 is 11.8 Å². The summed E-state index contributed by atoms with van der Waals surface area (Å²) in [6.45, 7) is 5.68. The van der Waals surface area contributed by atoms with E-state index in [0.717, 1.165) is 19.1 Å². The molecule has 0 radical (unpaired) electrons. The molecule has 1 saturated carbocycles. The van der Waals surface area contributed by atoms with Gasteiger partial charge in [-0.25, -0.2) is 0 Å². The molecule has 2 unspecified atom stereocenters. The molecule has 2 saturated heterocycles. The summed E-state index contributed by atoms with van der Waals surface area (Å²) >= 11 is 1.34. The summed E-state index contributed by atoms with van der Waals surface area (Å²) in [7, 11) is 0. The second-order valence-corrected chi connectivity index (χ2v) is 8.65. The number of carbonyl (C=O) groups is 2. The second kappa shape index (κ2) is 7.35. The molecule has 22 heavy (non-hydrogen) atoms. The number of carbonyl (C=O) groups excluding carboxylic acids is 2. The first-order valence-electron chi connectivity index (χ1n) is 8.81. The van der Waals surface area contributed by atoms with Gasteiger partial charge in [0.2, 0.25) is 5.91 Å². The Labute approximate surface area is 138 Å². The van der Waals surface area contributed by atoms with Gasteiger partial charge in [0.05, 0.1) is 0 Å². The minimum absolute atomic E-state index is 0.129. The molecule has 1 aliphatic carbocycles. The van der Waals surface area contributed by atoms with Gasteiger partial charge in [-0.15, -0.1) is 0 Å². The lowest BCUT2D eigenvalue weighted by Gasteiger charge is -2.38. The zero-order chi connectivity index (χ0) is 15.5. The number of amides is 1. The molecular weight excluding hydrogens is 296 g/mol. The van der Waals surface area contributed by atoms with Crippen LogP contribution in [0.1, 0.15) is 51.9 Å². The topological polar surface area (TPSA) is 40.6 Å². The Bertz CT molecular complexity index is 423. The normalized spacial score (nSPS) is 31.1. The molecule has 0 spiro atoms. The van der Waals surface area contributed by atoms with Crippen LogP contribution in [0.3, 0.4) is 0 Å². The number of thioether (sulfide) groups is 1. The summed E-state index contributed by atoms with van der Waals surface area (Å²) in [6.07, 6.45) is 8.58. The molecule has 2 heterocycles. The van der Waals surface area contributed by atoms with Crippen LogP contribution in [0.15, 0.2) is 0 Å². The van der Waals surface area contributed by atoms with Crippen molar-refractivity contribution in [2.75, 3.05) is 26.2 Å². The number of rotatable bonds is 4. The first kappa shape index (κ1) is 16.3. The van der Waals surface area contributed by atoms with Crippen molar-refractivity contribution in [2.45, 2.75) is 63.2 Å². The maximum atomic E-state index is 12.2. The van der Waals surface area contributed by atoms with Crippen molar-refractivity contribution in [3.63, 3.8) is 0 Å². The van der Waals surface area contributed by atoms with E-state index in [1.54, 1.807) is 6.92 Å². The molecule has 3 fully saturated rings. The van der Waals surface area contributed by atoms with E-state index in [1.807, 2.05) is 4.90 Å². The average Bonchev–Trinajstić information content (AvgIpc) is 3.10. The maximum absolute atomic E-state index is 12.2. The summed E-state index contributed by atoms with van der Waals surface area (Å²) in [5, 5.41) is 0.309. The van der Waals surface area contributed by atoms with Gasteiger partial charge in [-0.3, -0.25) is 9.59 Å².